The second kappa shape index (κ2) is 7.75. The molecule has 0 saturated carbocycles. The number of nitrogens with zero attached hydrogens (tertiary/aromatic N) is 3. The van der Waals surface area contributed by atoms with Gasteiger partial charge < -0.3 is 9.88 Å². The van der Waals surface area contributed by atoms with E-state index in [1.54, 1.807) is 29.3 Å². The lowest BCUT2D eigenvalue weighted by Crippen LogP contribution is -2.34. The summed E-state index contributed by atoms with van der Waals surface area (Å²) in [5.74, 6) is -0.556. The molecule has 162 valence electrons. The van der Waals surface area contributed by atoms with Gasteiger partial charge in [-0.3, -0.25) is 24.3 Å². The number of carbonyl (C=O) groups excluding carboxylic acids is 3. The average molecular weight is 428 g/mol. The Balaban J connectivity index is 1.35. The van der Waals surface area contributed by atoms with Crippen molar-refractivity contribution in [3.05, 3.63) is 71.1 Å². The van der Waals surface area contributed by atoms with E-state index in [9.17, 15) is 14.4 Å². The van der Waals surface area contributed by atoms with Gasteiger partial charge in [0, 0.05) is 43.2 Å². The molecule has 0 unspecified atom stereocenters. The van der Waals surface area contributed by atoms with E-state index in [1.807, 2.05) is 32.2 Å². The molecule has 3 amide bonds. The van der Waals surface area contributed by atoms with Gasteiger partial charge in [-0.2, -0.15) is 0 Å². The summed E-state index contributed by atoms with van der Waals surface area (Å²) in [6.07, 6.45) is 6.53. The van der Waals surface area contributed by atoms with Crippen molar-refractivity contribution in [2.75, 3.05) is 19.6 Å². The minimum Gasteiger partial charge on any atom is -0.359 e. The largest absolute Gasteiger partial charge is 0.359 e. The van der Waals surface area contributed by atoms with Crippen LogP contribution in [0.15, 0.2) is 48.8 Å². The van der Waals surface area contributed by atoms with E-state index in [1.165, 1.54) is 4.90 Å². The molecule has 5 rings (SSSR count). The van der Waals surface area contributed by atoms with Crippen LogP contribution in [0.5, 0.6) is 0 Å². The minimum absolute atomic E-state index is 0.136. The fourth-order valence-corrected chi connectivity index (χ4v) is 4.43. The number of aromatic nitrogens is 2. The molecule has 2 aliphatic rings. The summed E-state index contributed by atoms with van der Waals surface area (Å²) < 4.78 is 0. The van der Waals surface area contributed by atoms with Gasteiger partial charge in [-0.1, -0.05) is 19.9 Å². The molecule has 0 aliphatic carbocycles. The van der Waals surface area contributed by atoms with Gasteiger partial charge in [0.1, 0.15) is 0 Å². The van der Waals surface area contributed by atoms with Gasteiger partial charge in [0.15, 0.2) is 0 Å². The third kappa shape index (κ3) is 3.30. The zero-order valence-electron chi connectivity index (χ0n) is 18.1. The Morgan fingerprint density at radius 1 is 1.12 bits per heavy atom. The Hall–Kier alpha value is -3.74. The molecular formula is C25H24N4O3. The smallest absolute Gasteiger partial charge is 0.261 e. The highest BCUT2D eigenvalue weighted by molar-refractivity contribution is 6.22. The average Bonchev–Trinajstić information content (AvgIpc) is 3.33. The van der Waals surface area contributed by atoms with Gasteiger partial charge in [-0.15, -0.1) is 0 Å². The van der Waals surface area contributed by atoms with Crippen molar-refractivity contribution < 1.29 is 14.4 Å². The van der Waals surface area contributed by atoms with Gasteiger partial charge in [-0.25, -0.2) is 0 Å². The molecule has 7 nitrogen and oxygen atoms in total. The van der Waals surface area contributed by atoms with Crippen molar-refractivity contribution in [1.82, 2.24) is 19.8 Å². The number of carbonyl (C=O) groups is 3. The van der Waals surface area contributed by atoms with Gasteiger partial charge in [0.2, 0.25) is 0 Å². The highest BCUT2D eigenvalue weighted by Gasteiger charge is 2.36. The molecular weight excluding hydrogens is 404 g/mol. The normalized spacial score (nSPS) is 16.2. The maximum atomic E-state index is 13.1. The topological polar surface area (TPSA) is 86.4 Å². The molecule has 0 radical (unpaired) electrons. The van der Waals surface area contributed by atoms with Crippen molar-refractivity contribution in [1.29, 1.82) is 0 Å². The van der Waals surface area contributed by atoms with Gasteiger partial charge in [-0.05, 0) is 48.2 Å². The summed E-state index contributed by atoms with van der Waals surface area (Å²) in [4.78, 5) is 49.2. The highest BCUT2D eigenvalue weighted by atomic mass is 16.2. The number of aromatic amines is 1. The van der Waals surface area contributed by atoms with E-state index in [-0.39, 0.29) is 23.6 Å². The van der Waals surface area contributed by atoms with Crippen LogP contribution >= 0.6 is 0 Å². The van der Waals surface area contributed by atoms with Crippen LogP contribution in [-0.4, -0.2) is 57.1 Å². The summed E-state index contributed by atoms with van der Waals surface area (Å²) in [6.45, 7) is 5.36. The summed E-state index contributed by atoms with van der Waals surface area (Å²) in [5, 5.41) is 0. The van der Waals surface area contributed by atoms with Crippen molar-refractivity contribution in [3.8, 4) is 0 Å². The minimum atomic E-state index is -0.319. The Kier molecular flexibility index (Phi) is 4.89. The van der Waals surface area contributed by atoms with Crippen LogP contribution in [0.4, 0.5) is 0 Å². The van der Waals surface area contributed by atoms with E-state index in [0.717, 1.165) is 28.6 Å². The molecule has 1 N–H and O–H groups in total. The zero-order chi connectivity index (χ0) is 22.4. The molecule has 0 saturated heterocycles. The van der Waals surface area contributed by atoms with Crippen molar-refractivity contribution in [3.63, 3.8) is 0 Å². The molecule has 2 aromatic heterocycles. The Morgan fingerprint density at radius 3 is 2.69 bits per heavy atom. The number of fused-ring (bicyclic) bond motifs is 2. The maximum Gasteiger partial charge on any atom is 0.261 e. The molecule has 3 aromatic rings. The SMILES string of the molecule is CC(C)CN1C(=O)c2ccc(C(=O)N3CC=C(c4c[nH]c5cccnc45)CC3)cc2C1=O. The first-order valence-corrected chi connectivity index (χ1v) is 10.8. The zero-order valence-corrected chi connectivity index (χ0v) is 18.1. The monoisotopic (exact) mass is 428 g/mol. The number of pyridine rings is 1. The molecule has 0 bridgehead atoms. The standard InChI is InChI=1S/C25H24N4O3/c1-15(2)14-29-24(31)18-6-5-17(12-19(18)25(29)32)23(30)28-10-7-16(8-11-28)20-13-27-21-4-3-9-26-22(20)21/h3-7,9,12-13,15,27H,8,10-11,14H2,1-2H3. The number of amides is 3. The van der Waals surface area contributed by atoms with Crippen molar-refractivity contribution >= 4 is 34.3 Å². The summed E-state index contributed by atoms with van der Waals surface area (Å²) in [6, 6.07) is 8.71. The molecule has 32 heavy (non-hydrogen) atoms. The lowest BCUT2D eigenvalue weighted by Gasteiger charge is -2.26. The summed E-state index contributed by atoms with van der Waals surface area (Å²) in [5.41, 5.74) is 5.29. The second-order valence-corrected chi connectivity index (χ2v) is 8.71. The Morgan fingerprint density at radius 2 is 1.94 bits per heavy atom. The number of H-pyrrole nitrogens is 1. The number of rotatable bonds is 4. The molecule has 0 spiro atoms. The fourth-order valence-electron chi connectivity index (χ4n) is 4.43. The highest BCUT2D eigenvalue weighted by Crippen LogP contribution is 2.29. The van der Waals surface area contributed by atoms with Crippen LogP contribution in [0.2, 0.25) is 0 Å². The first kappa shape index (κ1) is 20.2. The quantitative estimate of drug-likeness (QED) is 0.642. The van der Waals surface area contributed by atoms with Crippen LogP contribution in [-0.2, 0) is 0 Å². The van der Waals surface area contributed by atoms with E-state index in [2.05, 4.69) is 16.0 Å². The van der Waals surface area contributed by atoms with Crippen molar-refractivity contribution in [2.45, 2.75) is 20.3 Å². The summed E-state index contributed by atoms with van der Waals surface area (Å²) >= 11 is 0. The molecule has 4 heterocycles. The third-order valence-electron chi connectivity index (χ3n) is 6.04. The summed E-state index contributed by atoms with van der Waals surface area (Å²) in [7, 11) is 0. The first-order valence-electron chi connectivity index (χ1n) is 10.8. The van der Waals surface area contributed by atoms with Crippen LogP contribution in [0.1, 0.15) is 56.9 Å². The fraction of sp³-hybridized carbons (Fsp3) is 0.280. The Bertz CT molecular complexity index is 1290. The van der Waals surface area contributed by atoms with Crippen LogP contribution in [0.25, 0.3) is 16.6 Å². The van der Waals surface area contributed by atoms with Crippen LogP contribution in [0.3, 0.4) is 0 Å². The molecule has 2 aliphatic heterocycles. The molecule has 0 fully saturated rings. The van der Waals surface area contributed by atoms with Gasteiger partial charge in [0.25, 0.3) is 17.7 Å². The second-order valence-electron chi connectivity index (χ2n) is 8.71. The molecule has 0 atom stereocenters. The van der Waals surface area contributed by atoms with Gasteiger partial charge in [0.05, 0.1) is 22.2 Å². The predicted molar refractivity (Wildman–Crippen MR) is 121 cm³/mol. The van der Waals surface area contributed by atoms with E-state index in [0.29, 0.717) is 36.3 Å². The van der Waals surface area contributed by atoms with Crippen LogP contribution in [0, 0.1) is 5.92 Å². The predicted octanol–water partition coefficient (Wildman–Crippen LogP) is 3.74. The van der Waals surface area contributed by atoms with E-state index < -0.39 is 0 Å². The number of hydrogen-bond acceptors (Lipinski definition) is 4. The number of hydrogen-bond donors (Lipinski definition) is 1. The maximum absolute atomic E-state index is 13.1. The van der Waals surface area contributed by atoms with Crippen molar-refractivity contribution in [2.24, 2.45) is 5.92 Å². The molecule has 7 heteroatoms. The lowest BCUT2D eigenvalue weighted by molar-refractivity contribution is 0.0636. The molecule has 1 aromatic carbocycles. The Labute approximate surface area is 185 Å². The number of nitrogens with one attached hydrogen (secondary N) is 1. The number of benzene rings is 1. The third-order valence-corrected chi connectivity index (χ3v) is 6.04. The van der Waals surface area contributed by atoms with Gasteiger partial charge >= 0.3 is 0 Å². The van der Waals surface area contributed by atoms with E-state index in [4.69, 9.17) is 0 Å². The lowest BCUT2D eigenvalue weighted by atomic mass is 9.99. The first-order chi connectivity index (χ1) is 15.4. The number of imide groups is 1. The van der Waals surface area contributed by atoms with E-state index >= 15 is 0 Å². The van der Waals surface area contributed by atoms with Crippen LogP contribution < -0.4 is 0 Å².